The Bertz CT molecular complexity index is 493. The highest BCUT2D eigenvalue weighted by Gasteiger charge is 2.02. The van der Waals surface area contributed by atoms with Crippen LogP contribution in [0.4, 0.5) is 0 Å². The largest absolute Gasteiger partial charge is 0.316 e. The molecule has 0 aliphatic heterocycles. The van der Waals surface area contributed by atoms with E-state index in [0.29, 0.717) is 0 Å². The molecule has 0 radical (unpaired) electrons. The van der Waals surface area contributed by atoms with Gasteiger partial charge in [-0.3, -0.25) is 4.98 Å². The monoisotopic (exact) mass is 269 g/mol. The van der Waals surface area contributed by atoms with Crippen LogP contribution in [0.25, 0.3) is 0 Å². The van der Waals surface area contributed by atoms with Gasteiger partial charge in [0.15, 0.2) is 0 Å². The quantitative estimate of drug-likeness (QED) is 0.837. The van der Waals surface area contributed by atoms with Crippen molar-refractivity contribution in [2.75, 3.05) is 20.6 Å². The molecule has 1 aromatic carbocycles. The van der Waals surface area contributed by atoms with Crippen molar-refractivity contribution in [3.05, 3.63) is 65.5 Å². The van der Waals surface area contributed by atoms with E-state index in [0.717, 1.165) is 31.7 Å². The Morgan fingerprint density at radius 3 is 2.45 bits per heavy atom. The average Bonchev–Trinajstić information content (AvgIpc) is 2.49. The second-order valence-electron chi connectivity index (χ2n) is 5.16. The molecule has 1 heterocycles. The summed E-state index contributed by atoms with van der Waals surface area (Å²) >= 11 is 0. The number of aromatic nitrogens is 1. The minimum atomic E-state index is 0.926. The zero-order chi connectivity index (χ0) is 14.2. The molecular formula is C17H23N3. The molecule has 0 spiro atoms. The van der Waals surface area contributed by atoms with Crippen LogP contribution in [0.3, 0.4) is 0 Å². The molecule has 0 bridgehead atoms. The molecule has 106 valence electrons. The predicted molar refractivity (Wildman–Crippen MR) is 83.5 cm³/mol. The Morgan fingerprint density at radius 1 is 1.05 bits per heavy atom. The number of benzene rings is 1. The summed E-state index contributed by atoms with van der Waals surface area (Å²) in [5.41, 5.74) is 3.84. The molecule has 0 fully saturated rings. The number of rotatable bonds is 7. The molecule has 0 aliphatic rings. The van der Waals surface area contributed by atoms with Crippen molar-refractivity contribution in [3.63, 3.8) is 0 Å². The third-order valence-corrected chi connectivity index (χ3v) is 3.33. The Morgan fingerprint density at radius 2 is 1.80 bits per heavy atom. The van der Waals surface area contributed by atoms with Crippen LogP contribution in [0.1, 0.15) is 16.8 Å². The highest BCUT2D eigenvalue weighted by Crippen LogP contribution is 2.07. The van der Waals surface area contributed by atoms with Crippen LogP contribution in [-0.2, 0) is 19.5 Å². The Kier molecular flexibility index (Phi) is 5.71. The van der Waals surface area contributed by atoms with E-state index in [4.69, 9.17) is 0 Å². The van der Waals surface area contributed by atoms with Crippen LogP contribution < -0.4 is 5.32 Å². The van der Waals surface area contributed by atoms with E-state index >= 15 is 0 Å². The lowest BCUT2D eigenvalue weighted by Crippen LogP contribution is -2.21. The minimum absolute atomic E-state index is 0.926. The molecule has 1 aromatic heterocycles. The van der Waals surface area contributed by atoms with Crippen LogP contribution in [0, 0.1) is 0 Å². The number of nitrogens with one attached hydrogen (secondary N) is 1. The number of pyridine rings is 1. The van der Waals surface area contributed by atoms with Crippen molar-refractivity contribution in [2.24, 2.45) is 0 Å². The van der Waals surface area contributed by atoms with Crippen LogP contribution in [0.5, 0.6) is 0 Å². The lowest BCUT2D eigenvalue weighted by Gasteiger charge is -2.16. The topological polar surface area (TPSA) is 28.2 Å². The normalized spacial score (nSPS) is 10.9. The van der Waals surface area contributed by atoms with E-state index in [1.54, 1.807) is 0 Å². The van der Waals surface area contributed by atoms with Gasteiger partial charge in [-0.15, -0.1) is 0 Å². The first-order valence-electron chi connectivity index (χ1n) is 7.09. The second kappa shape index (κ2) is 7.78. The second-order valence-corrected chi connectivity index (χ2v) is 5.16. The third kappa shape index (κ3) is 4.76. The van der Waals surface area contributed by atoms with Crippen LogP contribution in [0.15, 0.2) is 48.7 Å². The molecule has 0 saturated carbocycles. The van der Waals surface area contributed by atoms with Crippen molar-refractivity contribution in [1.82, 2.24) is 15.2 Å². The number of hydrogen-bond acceptors (Lipinski definition) is 3. The predicted octanol–water partition coefficient (Wildman–Crippen LogP) is 2.48. The minimum Gasteiger partial charge on any atom is -0.316 e. The molecule has 20 heavy (non-hydrogen) atoms. The molecule has 0 atom stereocenters. The van der Waals surface area contributed by atoms with Gasteiger partial charge in [0.1, 0.15) is 0 Å². The zero-order valence-electron chi connectivity index (χ0n) is 12.3. The molecule has 0 aliphatic carbocycles. The van der Waals surface area contributed by atoms with E-state index in [1.165, 1.54) is 11.1 Å². The molecule has 0 saturated heterocycles. The average molecular weight is 269 g/mol. The van der Waals surface area contributed by atoms with Crippen molar-refractivity contribution >= 4 is 0 Å². The van der Waals surface area contributed by atoms with Crippen LogP contribution in [0.2, 0.25) is 0 Å². The summed E-state index contributed by atoms with van der Waals surface area (Å²) in [7, 11) is 4.13. The maximum atomic E-state index is 4.36. The van der Waals surface area contributed by atoms with Crippen molar-refractivity contribution in [1.29, 1.82) is 0 Å². The summed E-state index contributed by atoms with van der Waals surface area (Å²) in [6.07, 6.45) is 2.85. The summed E-state index contributed by atoms with van der Waals surface area (Å²) in [5.74, 6) is 0. The highest BCUT2D eigenvalue weighted by atomic mass is 15.1. The van der Waals surface area contributed by atoms with Crippen LogP contribution >= 0.6 is 0 Å². The SMILES string of the molecule is CNCc1ccc(CN(C)CCc2ccccn2)cc1. The molecule has 2 rings (SSSR count). The fourth-order valence-electron chi connectivity index (χ4n) is 2.21. The smallest absolute Gasteiger partial charge is 0.0416 e. The third-order valence-electron chi connectivity index (χ3n) is 3.33. The van der Waals surface area contributed by atoms with E-state index in [2.05, 4.69) is 52.6 Å². The fourth-order valence-corrected chi connectivity index (χ4v) is 2.21. The Labute approximate surface area is 121 Å². The van der Waals surface area contributed by atoms with Gasteiger partial charge in [-0.1, -0.05) is 30.3 Å². The van der Waals surface area contributed by atoms with E-state index in [1.807, 2.05) is 25.4 Å². The highest BCUT2D eigenvalue weighted by molar-refractivity contribution is 5.22. The standard InChI is InChI=1S/C17H23N3/c1-18-13-15-6-8-16(9-7-15)14-20(2)12-10-17-5-3-4-11-19-17/h3-9,11,18H,10,12-14H2,1-2H3. The molecule has 3 heteroatoms. The summed E-state index contributed by atoms with van der Waals surface area (Å²) in [6.45, 7) is 2.93. The molecule has 0 amide bonds. The van der Waals surface area contributed by atoms with Gasteiger partial charge >= 0.3 is 0 Å². The van der Waals surface area contributed by atoms with Gasteiger partial charge in [0.2, 0.25) is 0 Å². The van der Waals surface area contributed by atoms with Gasteiger partial charge in [0.05, 0.1) is 0 Å². The molecule has 0 unspecified atom stereocenters. The Hall–Kier alpha value is -1.71. The number of nitrogens with zero attached hydrogens (tertiary/aromatic N) is 2. The molecule has 3 nitrogen and oxygen atoms in total. The van der Waals surface area contributed by atoms with Gasteiger partial charge in [-0.2, -0.15) is 0 Å². The first-order valence-corrected chi connectivity index (χ1v) is 7.09. The lowest BCUT2D eigenvalue weighted by atomic mass is 10.1. The van der Waals surface area contributed by atoms with Crippen LogP contribution in [-0.4, -0.2) is 30.5 Å². The Balaban J connectivity index is 1.80. The summed E-state index contributed by atoms with van der Waals surface area (Å²) in [6, 6.07) is 14.9. The van der Waals surface area contributed by atoms with Crippen molar-refractivity contribution < 1.29 is 0 Å². The van der Waals surface area contributed by atoms with Gasteiger partial charge in [-0.25, -0.2) is 0 Å². The maximum absolute atomic E-state index is 4.36. The summed E-state index contributed by atoms with van der Waals surface area (Å²) in [5, 5.41) is 3.17. The van der Waals surface area contributed by atoms with E-state index < -0.39 is 0 Å². The summed E-state index contributed by atoms with van der Waals surface area (Å²) in [4.78, 5) is 6.69. The summed E-state index contributed by atoms with van der Waals surface area (Å²) < 4.78 is 0. The molecule has 2 aromatic rings. The van der Waals surface area contributed by atoms with Crippen molar-refractivity contribution in [2.45, 2.75) is 19.5 Å². The van der Waals surface area contributed by atoms with Crippen molar-refractivity contribution in [3.8, 4) is 0 Å². The zero-order valence-corrected chi connectivity index (χ0v) is 12.3. The number of likely N-dealkylation sites (N-methyl/N-ethyl adjacent to an activating group) is 1. The van der Waals surface area contributed by atoms with Gasteiger partial charge in [0.25, 0.3) is 0 Å². The maximum Gasteiger partial charge on any atom is 0.0416 e. The fraction of sp³-hybridized carbons (Fsp3) is 0.353. The van der Waals surface area contributed by atoms with Gasteiger partial charge in [-0.05, 0) is 37.4 Å². The van der Waals surface area contributed by atoms with E-state index in [-0.39, 0.29) is 0 Å². The molecular weight excluding hydrogens is 246 g/mol. The van der Waals surface area contributed by atoms with Gasteiger partial charge in [0, 0.05) is 37.9 Å². The first-order chi connectivity index (χ1) is 9.78. The first kappa shape index (κ1) is 14.7. The van der Waals surface area contributed by atoms with E-state index in [9.17, 15) is 0 Å². The lowest BCUT2D eigenvalue weighted by molar-refractivity contribution is 0.330. The number of hydrogen-bond donors (Lipinski definition) is 1. The van der Waals surface area contributed by atoms with Gasteiger partial charge < -0.3 is 10.2 Å². The molecule has 1 N–H and O–H groups in total.